The summed E-state index contributed by atoms with van der Waals surface area (Å²) in [5.41, 5.74) is -0.500. The van der Waals surface area contributed by atoms with E-state index in [-0.39, 0.29) is 27.0 Å². The Morgan fingerprint density at radius 2 is 2.17 bits per heavy atom. The molecule has 0 atom stereocenters. The second kappa shape index (κ2) is 8.23. The summed E-state index contributed by atoms with van der Waals surface area (Å²) >= 11 is 2.20. The topological polar surface area (TPSA) is 144 Å². The average Bonchev–Trinajstić information content (AvgIpc) is 3.33. The van der Waals surface area contributed by atoms with Gasteiger partial charge in [0.2, 0.25) is 0 Å². The Balaban J connectivity index is 2.15. The van der Waals surface area contributed by atoms with E-state index in [1.54, 1.807) is 17.7 Å². The molecular formula is C16H15N3O7S3. The first-order chi connectivity index (χ1) is 13.8. The molecule has 2 aromatic heterocycles. The van der Waals surface area contributed by atoms with E-state index in [4.69, 9.17) is 4.74 Å². The molecule has 154 valence electrons. The molecule has 3 rings (SSSR count). The number of methoxy groups -OCH3 is 1. The van der Waals surface area contributed by atoms with E-state index in [1.807, 2.05) is 5.16 Å². The van der Waals surface area contributed by atoms with E-state index in [9.17, 15) is 23.1 Å². The van der Waals surface area contributed by atoms with Crippen LogP contribution in [0.1, 0.15) is 5.56 Å². The number of aromatic amines is 1. The molecule has 0 radical (unpaired) electrons. The molecule has 3 aromatic rings. The van der Waals surface area contributed by atoms with Crippen LogP contribution in [0.5, 0.6) is 11.5 Å². The predicted octanol–water partition coefficient (Wildman–Crippen LogP) is 2.06. The molecule has 1 aromatic carbocycles. The normalized spacial score (nSPS) is 11.8. The van der Waals surface area contributed by atoms with E-state index in [1.165, 1.54) is 25.3 Å². The van der Waals surface area contributed by atoms with Crippen LogP contribution in [-0.2, 0) is 10.0 Å². The van der Waals surface area contributed by atoms with Gasteiger partial charge in [0.05, 0.1) is 12.8 Å². The van der Waals surface area contributed by atoms with Gasteiger partial charge in [-0.2, -0.15) is 9.72 Å². The predicted molar refractivity (Wildman–Crippen MR) is 110 cm³/mol. The molecule has 0 saturated heterocycles. The van der Waals surface area contributed by atoms with Crippen molar-refractivity contribution in [2.75, 3.05) is 18.1 Å². The molecule has 13 heteroatoms. The molecule has 0 amide bonds. The number of rotatable bonds is 7. The number of sulfonamides is 1. The molecule has 0 saturated carbocycles. The van der Waals surface area contributed by atoms with Gasteiger partial charge in [-0.3, -0.25) is 4.72 Å². The maximum Gasteiger partial charge on any atom is 0.446 e. The molecule has 10 nitrogen and oxygen atoms in total. The lowest BCUT2D eigenvalue weighted by molar-refractivity contribution is 0.372. The lowest BCUT2D eigenvalue weighted by Crippen LogP contribution is -2.20. The van der Waals surface area contributed by atoms with Gasteiger partial charge in [-0.1, -0.05) is 6.07 Å². The van der Waals surface area contributed by atoms with Crippen molar-refractivity contribution in [2.45, 2.75) is 9.10 Å². The first kappa shape index (κ1) is 20.8. The molecule has 29 heavy (non-hydrogen) atoms. The number of nitrogens with zero attached hydrogens (tertiary/aromatic N) is 1. The summed E-state index contributed by atoms with van der Waals surface area (Å²) < 4.78 is 38.0. The van der Waals surface area contributed by atoms with Crippen LogP contribution in [0.3, 0.4) is 0 Å². The Labute approximate surface area is 172 Å². The van der Waals surface area contributed by atoms with Crippen molar-refractivity contribution in [3.8, 4) is 11.5 Å². The van der Waals surface area contributed by atoms with E-state index in [2.05, 4.69) is 9.25 Å². The zero-order valence-corrected chi connectivity index (χ0v) is 17.5. The standard InChI is InChI=1S/C16H15N3O7S3/c1-25-11-8-10(18-29(23,24)12-4-3-7-28-12)14(27-2)9(13(11)20)5-6-19-15(21)17-26-16(19)22/h3-8,18,20H,1-2H3,(H,17,21). The highest BCUT2D eigenvalue weighted by molar-refractivity contribution is 7.99. The zero-order chi connectivity index (χ0) is 21.2. The number of ether oxygens (including phenoxy) is 1. The third kappa shape index (κ3) is 4.11. The minimum Gasteiger partial charge on any atom is -0.504 e. The van der Waals surface area contributed by atoms with E-state index < -0.39 is 21.5 Å². The lowest BCUT2D eigenvalue weighted by Gasteiger charge is -2.16. The largest absolute Gasteiger partial charge is 0.504 e. The Bertz CT molecular complexity index is 1240. The molecule has 0 fully saturated rings. The quantitative estimate of drug-likeness (QED) is 0.361. The maximum absolute atomic E-state index is 12.6. The van der Waals surface area contributed by atoms with Gasteiger partial charge in [-0.05, 0) is 23.8 Å². The van der Waals surface area contributed by atoms with Crippen LogP contribution >= 0.6 is 23.1 Å². The van der Waals surface area contributed by atoms with Gasteiger partial charge in [0.1, 0.15) is 4.21 Å². The summed E-state index contributed by atoms with van der Waals surface area (Å²) in [4.78, 5) is 23.5. The molecule has 0 aliphatic carbocycles. The van der Waals surface area contributed by atoms with E-state index in [0.717, 1.165) is 29.3 Å². The third-order valence-corrected chi connectivity index (χ3v) is 7.32. The molecule has 0 unspecified atom stereocenters. The van der Waals surface area contributed by atoms with Gasteiger partial charge < -0.3 is 14.4 Å². The van der Waals surface area contributed by atoms with Crippen molar-refractivity contribution in [1.82, 2.24) is 9.72 Å². The highest BCUT2D eigenvalue weighted by Crippen LogP contribution is 2.43. The number of hydrogen-bond acceptors (Lipinski definition) is 9. The SMILES string of the molecule is COc1cc(NS(=O)(=O)c2cccs2)c(SC)c(C=Cn2c(=O)[nH]oc2=O)c1O. The number of aromatic nitrogens is 2. The summed E-state index contributed by atoms with van der Waals surface area (Å²) in [6.45, 7) is 0. The van der Waals surface area contributed by atoms with Gasteiger partial charge in [0.15, 0.2) is 11.5 Å². The molecule has 0 aliphatic rings. The van der Waals surface area contributed by atoms with Crippen molar-refractivity contribution in [3.05, 3.63) is 50.2 Å². The van der Waals surface area contributed by atoms with Crippen LogP contribution in [0.15, 0.2) is 46.8 Å². The molecular weight excluding hydrogens is 442 g/mol. The lowest BCUT2D eigenvalue weighted by atomic mass is 10.1. The van der Waals surface area contributed by atoms with Crippen molar-refractivity contribution >= 4 is 51.1 Å². The van der Waals surface area contributed by atoms with Gasteiger partial charge in [0, 0.05) is 22.7 Å². The molecule has 3 N–H and O–H groups in total. The highest BCUT2D eigenvalue weighted by Gasteiger charge is 2.22. The van der Waals surface area contributed by atoms with Crippen molar-refractivity contribution < 1.29 is 22.8 Å². The fourth-order valence-corrected chi connectivity index (χ4v) is 5.25. The first-order valence-electron chi connectivity index (χ1n) is 7.81. The van der Waals surface area contributed by atoms with E-state index >= 15 is 0 Å². The number of nitrogens with one attached hydrogen (secondary N) is 2. The van der Waals surface area contributed by atoms with Gasteiger partial charge >= 0.3 is 11.4 Å². The van der Waals surface area contributed by atoms with Crippen LogP contribution in [-0.4, -0.2) is 36.6 Å². The Kier molecular flexibility index (Phi) is 5.91. The van der Waals surface area contributed by atoms with Crippen molar-refractivity contribution in [2.24, 2.45) is 0 Å². The van der Waals surface area contributed by atoms with Crippen molar-refractivity contribution in [1.29, 1.82) is 0 Å². The highest BCUT2D eigenvalue weighted by atomic mass is 32.2. The van der Waals surface area contributed by atoms with Crippen LogP contribution in [0.4, 0.5) is 5.69 Å². The zero-order valence-electron chi connectivity index (χ0n) is 15.0. The number of H-pyrrole nitrogens is 1. The fraction of sp³-hybridized carbons (Fsp3) is 0.125. The summed E-state index contributed by atoms with van der Waals surface area (Å²) in [6.07, 6.45) is 4.05. The monoisotopic (exact) mass is 457 g/mol. The summed E-state index contributed by atoms with van der Waals surface area (Å²) in [6, 6.07) is 4.42. The number of thioether (sulfide) groups is 1. The second-order valence-corrected chi connectivity index (χ2v) is 9.09. The number of aromatic hydroxyl groups is 1. The van der Waals surface area contributed by atoms with Gasteiger partial charge in [-0.15, -0.1) is 23.1 Å². The Hall–Kier alpha value is -2.90. The van der Waals surface area contributed by atoms with Crippen LogP contribution < -0.4 is 20.9 Å². The Morgan fingerprint density at radius 1 is 1.41 bits per heavy atom. The van der Waals surface area contributed by atoms with Crippen molar-refractivity contribution in [3.63, 3.8) is 0 Å². The molecule has 0 bridgehead atoms. The van der Waals surface area contributed by atoms with Crippen LogP contribution in [0.2, 0.25) is 0 Å². The Morgan fingerprint density at radius 3 is 2.72 bits per heavy atom. The van der Waals surface area contributed by atoms with Gasteiger partial charge in [0.25, 0.3) is 10.0 Å². The van der Waals surface area contributed by atoms with Gasteiger partial charge in [-0.25, -0.2) is 18.0 Å². The molecule has 0 aliphatic heterocycles. The molecule has 0 spiro atoms. The number of anilines is 1. The number of hydrogen-bond donors (Lipinski definition) is 3. The summed E-state index contributed by atoms with van der Waals surface area (Å²) in [5, 5.41) is 14.0. The minimum atomic E-state index is -3.86. The van der Waals surface area contributed by atoms with Crippen LogP contribution in [0.25, 0.3) is 12.3 Å². The number of phenolic OH excluding ortho intramolecular Hbond substituents is 1. The summed E-state index contributed by atoms with van der Waals surface area (Å²) in [5.74, 6) is -1.24. The van der Waals surface area contributed by atoms with E-state index in [0.29, 0.717) is 9.46 Å². The maximum atomic E-state index is 12.6. The fourth-order valence-electron chi connectivity index (χ4n) is 2.41. The van der Waals surface area contributed by atoms with Crippen LogP contribution in [0, 0.1) is 0 Å². The third-order valence-electron chi connectivity index (χ3n) is 3.71. The second-order valence-electron chi connectivity index (χ2n) is 5.42. The first-order valence-corrected chi connectivity index (χ1v) is 11.4. The average molecular weight is 458 g/mol. The molecule has 2 heterocycles. The number of benzene rings is 1. The minimum absolute atomic E-state index is 0.000204. The number of thiophene rings is 1. The smallest absolute Gasteiger partial charge is 0.446 e. The number of phenols is 1. The summed E-state index contributed by atoms with van der Waals surface area (Å²) in [7, 11) is -2.55.